The van der Waals surface area contributed by atoms with Crippen molar-refractivity contribution in [1.82, 2.24) is 9.55 Å². The fourth-order valence-corrected chi connectivity index (χ4v) is 2.99. The average Bonchev–Trinajstić information content (AvgIpc) is 2.53. The molecule has 3 heterocycles. The monoisotopic (exact) mass is 376 g/mol. The van der Waals surface area contributed by atoms with Crippen LogP contribution in [-0.4, -0.2) is 52.4 Å². The van der Waals surface area contributed by atoms with Crippen LogP contribution in [0.5, 0.6) is 0 Å². The van der Waals surface area contributed by atoms with E-state index >= 15 is 4.39 Å². The van der Waals surface area contributed by atoms with Gasteiger partial charge in [0, 0.05) is 6.92 Å². The molecule has 26 heavy (non-hydrogen) atoms. The summed E-state index contributed by atoms with van der Waals surface area (Å²) < 4.78 is 50.9. The van der Waals surface area contributed by atoms with Crippen LogP contribution in [0.15, 0.2) is 15.8 Å². The minimum Gasteiger partial charge on any atom is -0.454 e. The lowest BCUT2D eigenvalue weighted by atomic mass is 9.97. The van der Waals surface area contributed by atoms with Gasteiger partial charge in [0.15, 0.2) is 24.3 Å². The molecule has 0 unspecified atom stereocenters. The summed E-state index contributed by atoms with van der Waals surface area (Å²) in [6.45, 7) is 4.18. The molecule has 0 aliphatic carbocycles. The maximum Gasteiger partial charge on any atom is 0.330 e. The summed E-state index contributed by atoms with van der Waals surface area (Å²) >= 11 is 0. The molecular formula is C15H18F2N2O7. The van der Waals surface area contributed by atoms with E-state index in [1.54, 1.807) is 18.8 Å². The Morgan fingerprint density at radius 3 is 2.77 bits per heavy atom. The molecule has 5 atom stereocenters. The number of H-pyrrole nitrogens is 1. The lowest BCUT2D eigenvalue weighted by Crippen LogP contribution is -2.63. The van der Waals surface area contributed by atoms with Gasteiger partial charge in [-0.15, -0.1) is 0 Å². The van der Waals surface area contributed by atoms with Gasteiger partial charge in [-0.3, -0.25) is 19.1 Å². The number of fused-ring (bicyclic) bond motifs is 1. The quantitative estimate of drug-likeness (QED) is 0.724. The third-order valence-electron chi connectivity index (χ3n) is 4.11. The van der Waals surface area contributed by atoms with Crippen LogP contribution in [0.2, 0.25) is 0 Å². The van der Waals surface area contributed by atoms with Crippen molar-refractivity contribution in [3.8, 4) is 0 Å². The Balaban J connectivity index is 2.01. The number of aromatic nitrogens is 2. The lowest BCUT2D eigenvalue weighted by Gasteiger charge is -2.48. The highest BCUT2D eigenvalue weighted by Gasteiger charge is 2.54. The molecule has 2 aliphatic heterocycles. The van der Waals surface area contributed by atoms with Crippen LogP contribution in [0.25, 0.3) is 0 Å². The molecular weight excluding hydrogens is 358 g/mol. The number of esters is 1. The van der Waals surface area contributed by atoms with E-state index in [0.29, 0.717) is 10.8 Å². The highest BCUT2D eigenvalue weighted by molar-refractivity contribution is 5.66. The molecule has 0 spiro atoms. The summed E-state index contributed by atoms with van der Waals surface area (Å²) in [5.41, 5.74) is -2.27. The normalized spacial score (nSPS) is 33.3. The van der Waals surface area contributed by atoms with E-state index in [-0.39, 0.29) is 6.61 Å². The first-order valence-electron chi connectivity index (χ1n) is 7.88. The number of rotatable bonds is 2. The topological polar surface area (TPSA) is 109 Å². The van der Waals surface area contributed by atoms with Crippen molar-refractivity contribution in [2.24, 2.45) is 0 Å². The third kappa shape index (κ3) is 3.41. The molecule has 0 amide bonds. The predicted octanol–water partition coefficient (Wildman–Crippen LogP) is -0.00560. The number of hydrogen-bond acceptors (Lipinski definition) is 7. The summed E-state index contributed by atoms with van der Waals surface area (Å²) in [5, 5.41) is 0. The molecule has 0 radical (unpaired) electrons. The zero-order valence-electron chi connectivity index (χ0n) is 14.2. The number of alkyl halides is 1. The number of aromatic amines is 1. The average molecular weight is 376 g/mol. The Hall–Kier alpha value is -2.11. The minimum atomic E-state index is -1.88. The number of carbonyl (C=O) groups excluding carboxylic acids is 1. The number of nitrogens with zero attached hydrogens (tertiary/aromatic N) is 1. The molecule has 2 saturated heterocycles. The van der Waals surface area contributed by atoms with Gasteiger partial charge in [0.2, 0.25) is 5.82 Å². The molecule has 0 saturated carbocycles. The SMILES string of the molecule is CC(=O)O[C@@H]1[C@@H](F)[C@@H]2OC(C)(C)OC[C@H]2O[C@H]1n1cc(F)c(=O)[nH]c1=O. The van der Waals surface area contributed by atoms with E-state index in [1.807, 2.05) is 0 Å². The van der Waals surface area contributed by atoms with Crippen LogP contribution in [0, 0.1) is 5.82 Å². The van der Waals surface area contributed by atoms with Gasteiger partial charge in [-0.2, -0.15) is 4.39 Å². The summed E-state index contributed by atoms with van der Waals surface area (Å²) in [7, 11) is 0. The minimum absolute atomic E-state index is 0.0536. The molecule has 2 aliphatic rings. The number of carbonyl (C=O) groups is 1. The molecule has 1 N–H and O–H groups in total. The molecule has 0 aromatic carbocycles. The second kappa shape index (κ2) is 6.56. The zero-order chi connectivity index (χ0) is 19.2. The van der Waals surface area contributed by atoms with Gasteiger partial charge >= 0.3 is 11.7 Å². The number of nitrogens with one attached hydrogen (secondary N) is 1. The Morgan fingerprint density at radius 1 is 1.42 bits per heavy atom. The van der Waals surface area contributed by atoms with Crippen molar-refractivity contribution in [3.05, 3.63) is 32.9 Å². The van der Waals surface area contributed by atoms with Crippen LogP contribution in [-0.2, 0) is 23.7 Å². The zero-order valence-corrected chi connectivity index (χ0v) is 14.2. The van der Waals surface area contributed by atoms with E-state index < -0.39 is 59.5 Å². The van der Waals surface area contributed by atoms with E-state index in [9.17, 15) is 18.8 Å². The number of ether oxygens (including phenoxy) is 4. The van der Waals surface area contributed by atoms with Gasteiger partial charge in [0.1, 0.15) is 12.2 Å². The number of halogens is 2. The van der Waals surface area contributed by atoms with Gasteiger partial charge in [-0.25, -0.2) is 9.18 Å². The molecule has 2 fully saturated rings. The maximum absolute atomic E-state index is 15.1. The Kier molecular flexibility index (Phi) is 4.71. The lowest BCUT2D eigenvalue weighted by molar-refractivity contribution is -0.359. The van der Waals surface area contributed by atoms with Crippen LogP contribution >= 0.6 is 0 Å². The molecule has 0 bridgehead atoms. The summed E-state index contributed by atoms with van der Waals surface area (Å²) in [4.78, 5) is 36.4. The van der Waals surface area contributed by atoms with Crippen molar-refractivity contribution in [2.75, 3.05) is 6.61 Å². The van der Waals surface area contributed by atoms with Crippen molar-refractivity contribution in [1.29, 1.82) is 0 Å². The standard InChI is InChI=1S/C15H18F2N2O7/c1-6(20)24-11-9(17)10-8(5-23-15(2,3)26-10)25-13(11)19-4-7(16)12(21)18-14(19)22/h4,8-11,13H,5H2,1-3H3,(H,18,21,22)/t8-,9+,10-,11-,13-/m1/s1. The van der Waals surface area contributed by atoms with Crippen molar-refractivity contribution in [3.63, 3.8) is 0 Å². The summed E-state index contributed by atoms with van der Waals surface area (Å²) in [6, 6.07) is 0. The first-order valence-corrected chi connectivity index (χ1v) is 7.88. The highest BCUT2D eigenvalue weighted by atomic mass is 19.1. The first kappa shape index (κ1) is 18.7. The Labute approximate surface area is 145 Å². The fraction of sp³-hybridized carbons (Fsp3) is 0.667. The first-order chi connectivity index (χ1) is 12.1. The van der Waals surface area contributed by atoms with Gasteiger partial charge in [-0.05, 0) is 13.8 Å². The van der Waals surface area contributed by atoms with Gasteiger partial charge in [0.25, 0.3) is 5.56 Å². The number of hydrogen-bond donors (Lipinski definition) is 1. The highest BCUT2D eigenvalue weighted by Crippen LogP contribution is 2.38. The van der Waals surface area contributed by atoms with Gasteiger partial charge in [-0.1, -0.05) is 0 Å². The van der Waals surface area contributed by atoms with Crippen molar-refractivity contribution >= 4 is 5.97 Å². The van der Waals surface area contributed by atoms with Gasteiger partial charge in [0.05, 0.1) is 12.8 Å². The van der Waals surface area contributed by atoms with E-state index in [1.165, 1.54) is 0 Å². The molecule has 1 aromatic heterocycles. The van der Waals surface area contributed by atoms with Gasteiger partial charge < -0.3 is 18.9 Å². The Bertz CT molecular complexity index is 821. The smallest absolute Gasteiger partial charge is 0.330 e. The molecule has 3 rings (SSSR count). The second-order valence-electron chi connectivity index (χ2n) is 6.52. The Morgan fingerprint density at radius 2 is 2.12 bits per heavy atom. The van der Waals surface area contributed by atoms with Crippen molar-refractivity contribution in [2.45, 2.75) is 57.3 Å². The largest absolute Gasteiger partial charge is 0.454 e. The van der Waals surface area contributed by atoms with E-state index in [0.717, 1.165) is 6.92 Å². The van der Waals surface area contributed by atoms with E-state index in [4.69, 9.17) is 18.9 Å². The third-order valence-corrected chi connectivity index (χ3v) is 4.11. The van der Waals surface area contributed by atoms with Crippen LogP contribution < -0.4 is 11.2 Å². The molecule has 144 valence electrons. The summed E-state index contributed by atoms with van der Waals surface area (Å²) in [5.74, 6) is -3.18. The van der Waals surface area contributed by atoms with E-state index in [2.05, 4.69) is 0 Å². The van der Waals surface area contributed by atoms with Crippen LogP contribution in [0.1, 0.15) is 27.0 Å². The molecule has 1 aromatic rings. The molecule has 11 heteroatoms. The predicted molar refractivity (Wildman–Crippen MR) is 80.5 cm³/mol. The molecule has 9 nitrogen and oxygen atoms in total. The fourth-order valence-electron chi connectivity index (χ4n) is 2.99. The maximum atomic E-state index is 15.1. The van der Waals surface area contributed by atoms with Crippen LogP contribution in [0.3, 0.4) is 0 Å². The second-order valence-corrected chi connectivity index (χ2v) is 6.52. The van der Waals surface area contributed by atoms with Crippen molar-refractivity contribution < 1.29 is 32.5 Å². The van der Waals surface area contributed by atoms with Crippen LogP contribution in [0.4, 0.5) is 8.78 Å². The summed E-state index contributed by atoms with van der Waals surface area (Å²) in [6.07, 6.45) is -6.47.